The lowest BCUT2D eigenvalue weighted by molar-refractivity contribution is 0.0304. The fraction of sp³-hybridized carbons (Fsp3) is 0.538. The highest BCUT2D eigenvalue weighted by atomic mass is 32.2. The zero-order chi connectivity index (χ0) is 14.6. The van der Waals surface area contributed by atoms with Gasteiger partial charge in [0, 0.05) is 19.0 Å². The van der Waals surface area contributed by atoms with E-state index >= 15 is 0 Å². The van der Waals surface area contributed by atoms with Crippen LogP contribution >= 0.6 is 0 Å². The van der Waals surface area contributed by atoms with Crippen LogP contribution < -0.4 is 4.72 Å². The normalized spacial score (nSPS) is 19.6. The van der Waals surface area contributed by atoms with E-state index in [9.17, 15) is 13.2 Å². The monoisotopic (exact) mass is 298 g/mol. The third kappa shape index (κ3) is 4.28. The molecule has 1 aliphatic rings. The van der Waals surface area contributed by atoms with E-state index in [0.29, 0.717) is 13.0 Å². The molecule has 2 heterocycles. The van der Waals surface area contributed by atoms with E-state index in [1.54, 1.807) is 19.2 Å². The first-order valence-corrected chi connectivity index (χ1v) is 8.19. The molecule has 1 aromatic rings. The molecule has 1 unspecified atom stereocenters. The van der Waals surface area contributed by atoms with Gasteiger partial charge in [0.1, 0.15) is 0 Å². The summed E-state index contributed by atoms with van der Waals surface area (Å²) in [5, 5.41) is 0. The Morgan fingerprint density at radius 1 is 1.45 bits per heavy atom. The number of ether oxygens (including phenoxy) is 1. The van der Waals surface area contributed by atoms with Gasteiger partial charge >= 0.3 is 0 Å². The molecule has 6 nitrogen and oxygen atoms in total. The van der Waals surface area contributed by atoms with Crippen molar-refractivity contribution in [1.82, 2.24) is 9.71 Å². The summed E-state index contributed by atoms with van der Waals surface area (Å²) in [5.41, 5.74) is 1.03. The molecule has 0 bridgehead atoms. The van der Waals surface area contributed by atoms with E-state index in [2.05, 4.69) is 9.71 Å². The van der Waals surface area contributed by atoms with Crippen molar-refractivity contribution in [2.24, 2.45) is 0 Å². The highest BCUT2D eigenvalue weighted by Crippen LogP contribution is 2.14. The lowest BCUT2D eigenvalue weighted by atomic mass is 10.1. The maximum absolute atomic E-state index is 11.9. The van der Waals surface area contributed by atoms with Gasteiger partial charge < -0.3 is 4.74 Å². The number of amides is 1. The number of pyridine rings is 1. The van der Waals surface area contributed by atoms with Crippen molar-refractivity contribution < 1.29 is 17.9 Å². The number of aryl methyl sites for hydroxylation is 1. The smallest absolute Gasteiger partial charge is 0.266 e. The number of nitrogens with one attached hydrogen (secondary N) is 1. The van der Waals surface area contributed by atoms with Gasteiger partial charge in [-0.1, -0.05) is 0 Å². The van der Waals surface area contributed by atoms with E-state index in [0.717, 1.165) is 18.4 Å². The number of aromatic nitrogens is 1. The molecule has 0 spiro atoms. The summed E-state index contributed by atoms with van der Waals surface area (Å²) in [6.45, 7) is 2.37. The van der Waals surface area contributed by atoms with Gasteiger partial charge in [-0.25, -0.2) is 13.1 Å². The first kappa shape index (κ1) is 14.9. The van der Waals surface area contributed by atoms with Crippen LogP contribution in [0.15, 0.2) is 18.5 Å². The molecule has 1 amide bonds. The molecule has 0 aliphatic carbocycles. The third-order valence-electron chi connectivity index (χ3n) is 3.06. The summed E-state index contributed by atoms with van der Waals surface area (Å²) in [4.78, 5) is 15.8. The average Bonchev–Trinajstić information content (AvgIpc) is 2.38. The minimum absolute atomic E-state index is 0.183. The molecular formula is C13H18N2O4S. The van der Waals surface area contributed by atoms with Crippen LogP contribution in [0, 0.1) is 6.92 Å². The van der Waals surface area contributed by atoms with Gasteiger partial charge in [-0.05, 0) is 37.8 Å². The van der Waals surface area contributed by atoms with E-state index in [1.807, 2.05) is 0 Å². The first-order chi connectivity index (χ1) is 9.46. The molecule has 1 saturated heterocycles. The number of sulfonamides is 1. The minimum atomic E-state index is -3.69. The minimum Gasteiger partial charge on any atom is -0.377 e. The first-order valence-electron chi connectivity index (χ1n) is 6.54. The van der Waals surface area contributed by atoms with E-state index in [1.165, 1.54) is 6.20 Å². The summed E-state index contributed by atoms with van der Waals surface area (Å²) < 4.78 is 31.3. The molecule has 0 saturated carbocycles. The predicted octanol–water partition coefficient (Wildman–Crippen LogP) is 1.02. The van der Waals surface area contributed by atoms with Gasteiger partial charge in [0.25, 0.3) is 5.91 Å². The van der Waals surface area contributed by atoms with Crippen molar-refractivity contribution in [3.05, 3.63) is 29.6 Å². The highest BCUT2D eigenvalue weighted by molar-refractivity contribution is 7.90. The SMILES string of the molecule is Cc1cncc(C(=O)NS(=O)(=O)CC2CCCCO2)c1. The van der Waals surface area contributed by atoms with Crippen molar-refractivity contribution >= 4 is 15.9 Å². The molecule has 7 heteroatoms. The second-order valence-electron chi connectivity index (χ2n) is 4.95. The molecule has 1 fully saturated rings. The van der Waals surface area contributed by atoms with Crippen molar-refractivity contribution in [2.45, 2.75) is 32.3 Å². The Labute approximate surface area is 118 Å². The van der Waals surface area contributed by atoms with E-state index in [-0.39, 0.29) is 17.4 Å². The maximum Gasteiger partial charge on any atom is 0.266 e. The van der Waals surface area contributed by atoms with E-state index < -0.39 is 15.9 Å². The fourth-order valence-corrected chi connectivity index (χ4v) is 3.34. The molecule has 1 N–H and O–H groups in total. The lowest BCUT2D eigenvalue weighted by Crippen LogP contribution is -2.38. The highest BCUT2D eigenvalue weighted by Gasteiger charge is 2.24. The Morgan fingerprint density at radius 3 is 2.90 bits per heavy atom. The van der Waals surface area contributed by atoms with E-state index in [4.69, 9.17) is 4.74 Å². The molecule has 0 aromatic carbocycles. The largest absolute Gasteiger partial charge is 0.377 e. The number of hydrogen-bond donors (Lipinski definition) is 1. The summed E-state index contributed by atoms with van der Waals surface area (Å²) in [6, 6.07) is 1.59. The lowest BCUT2D eigenvalue weighted by Gasteiger charge is -2.22. The Kier molecular flexibility index (Phi) is 4.72. The zero-order valence-corrected chi connectivity index (χ0v) is 12.1. The van der Waals surface area contributed by atoms with Gasteiger partial charge in [-0.2, -0.15) is 0 Å². The molecule has 110 valence electrons. The average molecular weight is 298 g/mol. The van der Waals surface area contributed by atoms with Crippen molar-refractivity contribution in [3.63, 3.8) is 0 Å². The van der Waals surface area contributed by atoms with Crippen LogP contribution in [0.2, 0.25) is 0 Å². The number of rotatable bonds is 4. The second-order valence-corrected chi connectivity index (χ2v) is 6.72. The Hall–Kier alpha value is -1.47. The van der Waals surface area contributed by atoms with Crippen molar-refractivity contribution in [3.8, 4) is 0 Å². The number of carbonyl (C=O) groups excluding carboxylic acids is 1. The zero-order valence-electron chi connectivity index (χ0n) is 11.3. The van der Waals surface area contributed by atoms with Gasteiger partial charge in [0.2, 0.25) is 10.0 Å². The number of carbonyl (C=O) groups is 1. The van der Waals surface area contributed by atoms with Crippen LogP contribution in [-0.4, -0.2) is 37.8 Å². The quantitative estimate of drug-likeness (QED) is 0.897. The van der Waals surface area contributed by atoms with Crippen LogP contribution in [-0.2, 0) is 14.8 Å². The van der Waals surface area contributed by atoms with Gasteiger partial charge in [0.05, 0.1) is 17.4 Å². The standard InChI is InChI=1S/C13H18N2O4S/c1-10-6-11(8-14-7-10)13(16)15-20(17,18)9-12-4-2-3-5-19-12/h6-8,12H,2-5,9H2,1H3,(H,15,16). The summed E-state index contributed by atoms with van der Waals surface area (Å²) >= 11 is 0. The Morgan fingerprint density at radius 2 is 2.25 bits per heavy atom. The molecule has 1 atom stereocenters. The summed E-state index contributed by atoms with van der Waals surface area (Å²) in [6.07, 6.45) is 5.23. The van der Waals surface area contributed by atoms with Crippen LogP contribution in [0.5, 0.6) is 0 Å². The Balaban J connectivity index is 1.98. The fourth-order valence-electron chi connectivity index (χ4n) is 2.10. The van der Waals surface area contributed by atoms with Gasteiger partial charge in [0.15, 0.2) is 0 Å². The maximum atomic E-state index is 11.9. The number of nitrogens with zero attached hydrogens (tertiary/aromatic N) is 1. The Bertz CT molecular complexity index is 580. The summed E-state index contributed by atoms with van der Waals surface area (Å²) in [5.74, 6) is -0.838. The van der Waals surface area contributed by atoms with Gasteiger partial charge in [-0.3, -0.25) is 9.78 Å². The summed E-state index contributed by atoms with van der Waals surface area (Å²) in [7, 11) is -3.69. The third-order valence-corrected chi connectivity index (χ3v) is 4.37. The topological polar surface area (TPSA) is 85.4 Å². The molecule has 1 aliphatic heterocycles. The molecular weight excluding hydrogens is 280 g/mol. The molecule has 1 aromatic heterocycles. The predicted molar refractivity (Wildman–Crippen MR) is 73.8 cm³/mol. The molecule has 20 heavy (non-hydrogen) atoms. The van der Waals surface area contributed by atoms with Crippen molar-refractivity contribution in [2.75, 3.05) is 12.4 Å². The van der Waals surface area contributed by atoms with Crippen LogP contribution in [0.3, 0.4) is 0 Å². The van der Waals surface area contributed by atoms with Crippen LogP contribution in [0.4, 0.5) is 0 Å². The van der Waals surface area contributed by atoms with Gasteiger partial charge in [-0.15, -0.1) is 0 Å². The second kappa shape index (κ2) is 6.32. The van der Waals surface area contributed by atoms with Crippen LogP contribution in [0.25, 0.3) is 0 Å². The molecule has 0 radical (unpaired) electrons. The number of hydrogen-bond acceptors (Lipinski definition) is 5. The van der Waals surface area contributed by atoms with Crippen molar-refractivity contribution in [1.29, 1.82) is 0 Å². The molecule has 2 rings (SSSR count). The van der Waals surface area contributed by atoms with Crippen LogP contribution in [0.1, 0.15) is 35.2 Å².